The largest absolute Gasteiger partial charge is 2.00 e. The number of aliphatic hydroxyl groups excluding tert-OH is 1. The molecule has 2 aromatic rings. The van der Waals surface area contributed by atoms with Gasteiger partial charge in [-0.2, -0.15) is 31.6 Å². The van der Waals surface area contributed by atoms with Crippen LogP contribution in [0.15, 0.2) is 51.7 Å². The fraction of sp³-hybridized carbons (Fsp3) is 0.259. The number of carbonyl (C=O) groups is 3. The van der Waals surface area contributed by atoms with Crippen LogP contribution in [0.2, 0.25) is 0 Å². The molecule has 0 spiro atoms. The maximum Gasteiger partial charge on any atom is 2.00 e. The molecule has 0 aromatic carbocycles. The summed E-state index contributed by atoms with van der Waals surface area (Å²) in [7, 11) is 2.44. The number of hydrogen-bond acceptors (Lipinski definition) is 10. The second-order valence-electron chi connectivity index (χ2n) is 8.62. The third-order valence-corrected chi connectivity index (χ3v) is 6.72. The molecule has 0 bridgehead atoms. The van der Waals surface area contributed by atoms with Crippen LogP contribution in [0.4, 0.5) is 38.0 Å². The van der Waals surface area contributed by atoms with Crippen molar-refractivity contribution in [3.05, 3.63) is 81.5 Å². The van der Waals surface area contributed by atoms with Crippen LogP contribution in [-0.4, -0.2) is 48.3 Å². The number of aliphatic hydroxyl groups is 1. The molecule has 0 aliphatic carbocycles. The summed E-state index contributed by atoms with van der Waals surface area (Å²) in [5.41, 5.74) is -2.81. The Morgan fingerprint density at radius 2 is 1.48 bits per heavy atom. The third kappa shape index (κ3) is 8.71. The van der Waals surface area contributed by atoms with E-state index in [4.69, 9.17) is 38.4 Å². The zero-order chi connectivity index (χ0) is 36.6. The molecule has 248 valence electrons. The number of pyridine rings is 2. The zero-order valence-corrected chi connectivity index (χ0v) is 29.5. The normalized spacial score (nSPS) is 15.6. The van der Waals surface area contributed by atoms with Gasteiger partial charge in [-0.3, -0.25) is 9.69 Å². The Bertz CT molecular complexity index is 1710. The van der Waals surface area contributed by atoms with Gasteiger partial charge in [0, 0.05) is 12.3 Å². The average Bonchev–Trinajstić information content (AvgIpc) is 3.38. The van der Waals surface area contributed by atoms with Gasteiger partial charge >= 0.3 is 43.6 Å². The number of halogens is 7. The van der Waals surface area contributed by atoms with Gasteiger partial charge in [-0.15, -0.1) is 4.90 Å². The summed E-state index contributed by atoms with van der Waals surface area (Å²) in [4.78, 5) is 43.4. The summed E-state index contributed by atoms with van der Waals surface area (Å²) < 4.78 is 86.8. The topological polar surface area (TPSA) is 195 Å². The molecule has 48 heavy (non-hydrogen) atoms. The van der Waals surface area contributed by atoms with Crippen LogP contribution in [0.3, 0.4) is 0 Å². The molecule has 0 fully saturated rings. The summed E-state index contributed by atoms with van der Waals surface area (Å²) in [5, 5.41) is 31.2. The molecule has 0 saturated carbocycles. The summed E-state index contributed by atoms with van der Waals surface area (Å²) >= 11 is 2.77. The van der Waals surface area contributed by atoms with Crippen molar-refractivity contribution in [2.75, 3.05) is 24.0 Å². The van der Waals surface area contributed by atoms with Gasteiger partial charge in [-0.1, -0.05) is 0 Å². The molecule has 2 N–H and O–H groups in total. The van der Waals surface area contributed by atoms with Gasteiger partial charge in [0.25, 0.3) is 11.7 Å². The predicted octanol–water partition coefficient (Wildman–Crippen LogP) is 3.82. The first kappa shape index (κ1) is 43.1. The van der Waals surface area contributed by atoms with E-state index >= 15 is 0 Å². The van der Waals surface area contributed by atoms with Crippen molar-refractivity contribution in [2.45, 2.75) is 32.4 Å². The quantitative estimate of drug-likeness (QED) is 0.206. The third-order valence-electron chi connectivity index (χ3n) is 6.07. The van der Waals surface area contributed by atoms with Gasteiger partial charge in [0.15, 0.2) is 12.0 Å². The molecule has 21 heteroatoms. The summed E-state index contributed by atoms with van der Waals surface area (Å²) in [6.45, 7) is 12.2. The fourth-order valence-electron chi connectivity index (χ4n) is 3.98. The van der Waals surface area contributed by atoms with Crippen molar-refractivity contribution in [2.24, 2.45) is 0 Å². The number of ether oxygens (including phenoxy) is 2. The molecule has 4 rings (SSSR count). The number of alkyl halides is 6. The number of nitrogens with zero attached hydrogens (tertiary/aromatic N) is 6. The number of aromatic amines is 1. The summed E-state index contributed by atoms with van der Waals surface area (Å²) in [5.74, 6) is -3.23. The van der Waals surface area contributed by atoms with Crippen LogP contribution >= 0.6 is 15.9 Å². The Hall–Kier alpha value is -4.90. The van der Waals surface area contributed by atoms with Crippen molar-refractivity contribution in [1.82, 2.24) is 4.98 Å². The van der Waals surface area contributed by atoms with Crippen molar-refractivity contribution in [3.8, 4) is 6.07 Å². The van der Waals surface area contributed by atoms with Crippen molar-refractivity contribution >= 4 is 45.3 Å². The number of anilines is 2. The molecule has 0 saturated heterocycles. The van der Waals surface area contributed by atoms with E-state index < -0.39 is 58.8 Å². The number of nitrogens with one attached hydrogen (secondary N) is 1. The van der Waals surface area contributed by atoms with Gasteiger partial charge in [-0.25, -0.2) is 19.6 Å². The molecule has 2 aliphatic rings. The number of hydrogen-bond donors (Lipinski definition) is 1. The average molecular weight is 797 g/mol. The van der Waals surface area contributed by atoms with Crippen LogP contribution in [0.5, 0.6) is 0 Å². The van der Waals surface area contributed by atoms with E-state index in [1.165, 1.54) is 34.1 Å². The molecule has 0 radical (unpaired) electrons. The van der Waals surface area contributed by atoms with E-state index in [-0.39, 0.29) is 52.4 Å². The van der Waals surface area contributed by atoms with Crippen LogP contribution in [-0.2, 0) is 55.7 Å². The minimum Gasteiger partial charge on any atom is -0.512 e. The molecule has 1 unspecified atom stereocenters. The number of nitriles is 1. The van der Waals surface area contributed by atoms with E-state index in [9.17, 15) is 45.8 Å². The number of rotatable bonds is 4. The molecule has 2 aromatic heterocycles. The Morgan fingerprint density at radius 1 is 0.938 bits per heavy atom. The fourth-order valence-corrected chi connectivity index (χ4v) is 4.44. The van der Waals surface area contributed by atoms with E-state index in [0.29, 0.717) is 28.1 Å². The van der Waals surface area contributed by atoms with Gasteiger partial charge in [0.2, 0.25) is 5.76 Å². The number of imide groups is 1. The standard InChI is InChI=1S/C13H10F3N3O3.C12H8BrF3N2O3.2CN.Zn/c1-6-10(22-2)12(21)19(11(6)20)9-3-8(13(14,15)16)7(4-17)5-18-9;1-5-9(21-2)11(20)18(10(5)19)8-3-6(12(14,15)16)7(13)4-17-8;2*1-2;/h3,5,12,21H,1-2H3;3-4H,1-2H3;;;/q;;2*-1;+2/p+1. The van der Waals surface area contributed by atoms with Crippen LogP contribution in [0, 0.1) is 35.0 Å². The number of H-pyrrole nitrogens is 1. The first-order valence-electron chi connectivity index (χ1n) is 12.0. The van der Waals surface area contributed by atoms with Crippen LogP contribution in [0.1, 0.15) is 30.5 Å². The molecule has 2 aliphatic heterocycles. The number of aromatic nitrogens is 2. The number of carbonyl (C=O) groups excluding carboxylic acids is 3. The van der Waals surface area contributed by atoms with Gasteiger partial charge in [0.1, 0.15) is 18.1 Å². The molecule has 13 nitrogen and oxygen atoms in total. The smallest absolute Gasteiger partial charge is 0.512 e. The Kier molecular flexibility index (Phi) is 15.5. The number of methoxy groups -OCH3 is 2. The van der Waals surface area contributed by atoms with Gasteiger partial charge in [-0.05, 0) is 35.8 Å². The van der Waals surface area contributed by atoms with Gasteiger partial charge < -0.3 is 38.2 Å². The minimum atomic E-state index is -4.79. The van der Waals surface area contributed by atoms with Crippen molar-refractivity contribution in [3.63, 3.8) is 0 Å². The van der Waals surface area contributed by atoms with Crippen LogP contribution in [0.25, 0.3) is 0 Å². The Labute approximate surface area is 289 Å². The van der Waals surface area contributed by atoms with Gasteiger partial charge in [0.05, 0.1) is 46.5 Å². The van der Waals surface area contributed by atoms with E-state index in [2.05, 4.69) is 25.9 Å². The first-order valence-corrected chi connectivity index (χ1v) is 12.8. The second kappa shape index (κ2) is 17.3. The van der Waals surface area contributed by atoms with Crippen molar-refractivity contribution in [1.29, 1.82) is 15.8 Å². The van der Waals surface area contributed by atoms with E-state index in [0.717, 1.165) is 6.20 Å². The van der Waals surface area contributed by atoms with Crippen LogP contribution < -0.4 is 14.8 Å². The van der Waals surface area contributed by atoms with Crippen molar-refractivity contribution < 1.29 is 79.8 Å². The number of amides is 3. The molecular weight excluding hydrogens is 778 g/mol. The zero-order valence-electron chi connectivity index (χ0n) is 24.9. The maximum atomic E-state index is 12.9. The Morgan fingerprint density at radius 3 is 1.90 bits per heavy atom. The maximum absolute atomic E-state index is 12.9. The van der Waals surface area contributed by atoms with E-state index in [1.807, 2.05) is 0 Å². The summed E-state index contributed by atoms with van der Waals surface area (Å²) in [6.07, 6.45) is -9.26. The predicted molar refractivity (Wildman–Crippen MR) is 145 cm³/mol. The molecule has 1 atom stereocenters. The first-order chi connectivity index (χ1) is 21.9. The SMILES string of the molecule is COC1=C(C)C(=O)N(c2cc(C(F)(F)F)c(Br)c[nH+]2)C1=O.COC1=C(C)C(=O)N(c2cc(C(F)(F)F)c(C#N)cn2)C1O.[C-]#N.[C-]#N.[Zn+2]. The minimum absolute atomic E-state index is 0. The summed E-state index contributed by atoms with van der Waals surface area (Å²) in [6, 6.07) is 2.62. The monoisotopic (exact) mass is 794 g/mol. The Balaban J connectivity index is 0.000000819. The second-order valence-corrected chi connectivity index (χ2v) is 9.48. The molecular formula is C27H19BrF6N7O6Zn+. The molecule has 4 heterocycles. The van der Waals surface area contributed by atoms with E-state index in [1.54, 1.807) is 0 Å². The molecule has 3 amide bonds.